The van der Waals surface area contributed by atoms with E-state index in [0.29, 0.717) is 0 Å². The number of carbonyl (C=O) groups excluding carboxylic acids is 1. The lowest BCUT2D eigenvalue weighted by Crippen LogP contribution is -2.26. The maximum absolute atomic E-state index is 11.8. The Hall–Kier alpha value is -2.55. The van der Waals surface area contributed by atoms with Gasteiger partial charge in [-0.25, -0.2) is 9.59 Å². The van der Waals surface area contributed by atoms with Crippen LogP contribution >= 0.6 is 0 Å². The number of carboxylic acid groups (broad SMARTS) is 1. The number of carboxylic acids is 1. The van der Waals surface area contributed by atoms with Gasteiger partial charge in [0, 0.05) is 6.20 Å². The number of rotatable bonds is 2. The molecule has 0 aromatic rings. The van der Waals surface area contributed by atoms with Crippen LogP contribution in [0, 0.1) is 11.3 Å². The van der Waals surface area contributed by atoms with Crippen LogP contribution in [-0.2, 0) is 14.3 Å². The van der Waals surface area contributed by atoms with Gasteiger partial charge in [-0.15, -0.1) is 0 Å². The molecule has 100 valence electrons. The second kappa shape index (κ2) is 5.40. The quantitative estimate of drug-likeness (QED) is 0.441. The lowest BCUT2D eigenvalue weighted by molar-refractivity contribution is -0.149. The Labute approximate surface area is 110 Å². The molecule has 0 radical (unpaired) electrons. The van der Waals surface area contributed by atoms with Crippen molar-refractivity contribution in [1.29, 1.82) is 5.26 Å². The Morgan fingerprint density at radius 3 is 2.53 bits per heavy atom. The van der Waals surface area contributed by atoms with E-state index in [1.165, 1.54) is 18.4 Å². The zero-order chi connectivity index (χ0) is 14.6. The van der Waals surface area contributed by atoms with E-state index < -0.39 is 23.1 Å². The first-order chi connectivity index (χ1) is 8.74. The fraction of sp³-hybridized carbons (Fsp3) is 0.308. The fourth-order valence-electron chi connectivity index (χ4n) is 1.30. The average Bonchev–Trinajstić information content (AvgIpc) is 2.27. The first kappa shape index (κ1) is 14.5. The Balaban J connectivity index is 3.08. The second-order valence-corrected chi connectivity index (χ2v) is 4.78. The van der Waals surface area contributed by atoms with E-state index in [1.54, 1.807) is 26.8 Å². The molecule has 0 aromatic carbocycles. The van der Waals surface area contributed by atoms with Gasteiger partial charge in [-0.2, -0.15) is 5.26 Å². The van der Waals surface area contributed by atoms with Crippen LogP contribution in [0.2, 0.25) is 0 Å². The van der Waals surface area contributed by atoms with Gasteiger partial charge in [0.05, 0.1) is 11.3 Å². The van der Waals surface area contributed by atoms with E-state index in [9.17, 15) is 9.59 Å². The summed E-state index contributed by atoms with van der Waals surface area (Å²) in [6.45, 7) is 5.18. The van der Waals surface area contributed by atoms with Crippen LogP contribution in [0.25, 0.3) is 0 Å². The van der Waals surface area contributed by atoms with E-state index >= 15 is 0 Å². The third-order valence-electron chi connectivity index (χ3n) is 2.03. The highest BCUT2D eigenvalue weighted by molar-refractivity contribution is 5.96. The molecule has 0 fully saturated rings. The molecule has 6 heteroatoms. The van der Waals surface area contributed by atoms with E-state index in [-0.39, 0.29) is 11.3 Å². The Morgan fingerprint density at radius 2 is 2.05 bits per heavy atom. The fourth-order valence-corrected chi connectivity index (χ4v) is 1.30. The molecule has 1 heterocycles. The summed E-state index contributed by atoms with van der Waals surface area (Å²) in [4.78, 5) is 22.7. The molecule has 0 bridgehead atoms. The number of nitrogens with zero attached hydrogens (tertiary/aromatic N) is 1. The van der Waals surface area contributed by atoms with Crippen molar-refractivity contribution in [2.24, 2.45) is 0 Å². The zero-order valence-corrected chi connectivity index (χ0v) is 10.9. The largest absolute Gasteiger partial charge is 0.477 e. The van der Waals surface area contributed by atoms with Crippen molar-refractivity contribution >= 4 is 11.9 Å². The molecule has 1 rings (SSSR count). The predicted octanol–water partition coefficient (Wildman–Crippen LogP) is 1.23. The molecule has 0 atom stereocenters. The second-order valence-electron chi connectivity index (χ2n) is 4.78. The maximum Gasteiger partial charge on any atom is 0.348 e. The first-order valence-electron chi connectivity index (χ1n) is 5.50. The minimum Gasteiger partial charge on any atom is -0.477 e. The van der Waals surface area contributed by atoms with Gasteiger partial charge >= 0.3 is 11.9 Å². The molecule has 6 nitrogen and oxygen atoms in total. The molecule has 0 spiro atoms. The number of aliphatic carboxylic acids is 1. The third kappa shape index (κ3) is 4.00. The molecule has 2 N–H and O–H groups in total. The van der Waals surface area contributed by atoms with Crippen molar-refractivity contribution in [3.63, 3.8) is 0 Å². The molecule has 1 aliphatic heterocycles. The zero-order valence-electron chi connectivity index (χ0n) is 10.9. The highest BCUT2D eigenvalue weighted by Gasteiger charge is 2.21. The highest BCUT2D eigenvalue weighted by atomic mass is 16.6. The van der Waals surface area contributed by atoms with E-state index in [4.69, 9.17) is 15.1 Å². The molecular weight excluding hydrogens is 248 g/mol. The minimum absolute atomic E-state index is 0.0540. The maximum atomic E-state index is 11.8. The SMILES string of the molecule is CC(C)(C)OC(=O)C1=C/C(=C(/C#N)C(=O)O)NC=C1. The molecule has 0 aliphatic carbocycles. The summed E-state index contributed by atoms with van der Waals surface area (Å²) in [5, 5.41) is 20.2. The normalized spacial score (nSPS) is 16.8. The summed E-state index contributed by atoms with van der Waals surface area (Å²) in [6.07, 6.45) is 4.12. The van der Waals surface area contributed by atoms with Crippen LogP contribution in [0.5, 0.6) is 0 Å². The average molecular weight is 262 g/mol. The molecule has 19 heavy (non-hydrogen) atoms. The van der Waals surface area contributed by atoms with Gasteiger partial charge in [-0.1, -0.05) is 0 Å². The number of dihydropyridines is 1. The van der Waals surface area contributed by atoms with Crippen LogP contribution in [0.3, 0.4) is 0 Å². The van der Waals surface area contributed by atoms with Crippen molar-refractivity contribution in [3.05, 3.63) is 35.2 Å². The monoisotopic (exact) mass is 262 g/mol. The summed E-state index contributed by atoms with van der Waals surface area (Å²) < 4.78 is 5.16. The summed E-state index contributed by atoms with van der Waals surface area (Å²) in [7, 11) is 0. The minimum atomic E-state index is -1.36. The lowest BCUT2D eigenvalue weighted by atomic mass is 10.1. The molecule has 0 saturated heterocycles. The molecule has 0 saturated carbocycles. The number of hydrogen-bond acceptors (Lipinski definition) is 5. The van der Waals surface area contributed by atoms with Crippen LogP contribution in [0.1, 0.15) is 20.8 Å². The molecule has 0 amide bonds. The number of ether oxygens (including phenoxy) is 1. The van der Waals surface area contributed by atoms with Crippen molar-refractivity contribution in [2.45, 2.75) is 26.4 Å². The van der Waals surface area contributed by atoms with Gasteiger partial charge in [0.25, 0.3) is 0 Å². The summed E-state index contributed by atoms with van der Waals surface area (Å²) >= 11 is 0. The van der Waals surface area contributed by atoms with Gasteiger partial charge in [-0.05, 0) is 32.9 Å². The lowest BCUT2D eigenvalue weighted by Gasteiger charge is -2.21. The van der Waals surface area contributed by atoms with Crippen LogP contribution < -0.4 is 5.32 Å². The number of nitriles is 1. The first-order valence-corrected chi connectivity index (χ1v) is 5.50. The predicted molar refractivity (Wildman–Crippen MR) is 66.5 cm³/mol. The Bertz CT molecular complexity index is 542. The van der Waals surface area contributed by atoms with Gasteiger partial charge in [0.1, 0.15) is 11.7 Å². The molecule has 0 aromatic heterocycles. The van der Waals surface area contributed by atoms with E-state index in [2.05, 4.69) is 5.32 Å². The van der Waals surface area contributed by atoms with Gasteiger partial charge in [-0.3, -0.25) is 0 Å². The number of allylic oxidation sites excluding steroid dienone is 1. The number of hydrogen-bond donors (Lipinski definition) is 2. The van der Waals surface area contributed by atoms with Crippen LogP contribution in [-0.4, -0.2) is 22.6 Å². The summed E-state index contributed by atoms with van der Waals surface area (Å²) in [6, 6.07) is 1.57. The van der Waals surface area contributed by atoms with Gasteiger partial charge < -0.3 is 15.2 Å². The number of nitrogens with one attached hydrogen (secondary N) is 1. The number of esters is 1. The van der Waals surface area contributed by atoms with Crippen molar-refractivity contribution in [3.8, 4) is 6.07 Å². The van der Waals surface area contributed by atoms with Crippen molar-refractivity contribution < 1.29 is 19.4 Å². The standard InChI is InChI=1S/C13H14N2O4/c1-13(2,3)19-12(18)8-4-5-15-10(6-8)9(7-14)11(16)17/h4-6,15H,1-3H3,(H,16,17)/b10-9+. The third-order valence-corrected chi connectivity index (χ3v) is 2.03. The van der Waals surface area contributed by atoms with Gasteiger partial charge in [0.15, 0.2) is 5.57 Å². The Morgan fingerprint density at radius 1 is 1.42 bits per heavy atom. The summed E-state index contributed by atoms with van der Waals surface area (Å²) in [5.41, 5.74) is -0.882. The van der Waals surface area contributed by atoms with E-state index in [1.807, 2.05) is 0 Å². The smallest absolute Gasteiger partial charge is 0.348 e. The van der Waals surface area contributed by atoms with Gasteiger partial charge in [0.2, 0.25) is 0 Å². The van der Waals surface area contributed by atoms with E-state index in [0.717, 1.165) is 0 Å². The Kier molecular flexibility index (Phi) is 4.12. The molecule has 1 aliphatic rings. The topological polar surface area (TPSA) is 99.4 Å². The number of carbonyl (C=O) groups is 2. The van der Waals surface area contributed by atoms with Crippen LogP contribution in [0.15, 0.2) is 35.2 Å². The van der Waals surface area contributed by atoms with Crippen molar-refractivity contribution in [2.75, 3.05) is 0 Å². The molecule has 0 unspecified atom stereocenters. The summed E-state index contributed by atoms with van der Waals surface area (Å²) in [5.74, 6) is -1.94. The highest BCUT2D eigenvalue weighted by Crippen LogP contribution is 2.16. The molecular formula is C13H14N2O4. The van der Waals surface area contributed by atoms with Crippen molar-refractivity contribution in [1.82, 2.24) is 5.32 Å². The van der Waals surface area contributed by atoms with Crippen LogP contribution in [0.4, 0.5) is 0 Å².